The Labute approximate surface area is 150 Å². The molecule has 24 heavy (non-hydrogen) atoms. The van der Waals surface area contributed by atoms with Crippen molar-refractivity contribution in [1.29, 1.82) is 0 Å². The van der Waals surface area contributed by atoms with Crippen LogP contribution in [0, 0.1) is 5.82 Å². The summed E-state index contributed by atoms with van der Waals surface area (Å²) in [6, 6.07) is 12.0. The van der Waals surface area contributed by atoms with Gasteiger partial charge in [0.2, 0.25) is 5.91 Å². The monoisotopic (exact) mass is 367 g/mol. The molecular weight excluding hydrogens is 349 g/mol. The maximum absolute atomic E-state index is 13.7. The van der Waals surface area contributed by atoms with Crippen molar-refractivity contribution >= 4 is 29.3 Å². The zero-order valence-electron chi connectivity index (χ0n) is 13.5. The lowest BCUT2D eigenvalue weighted by Crippen LogP contribution is -2.28. The average Bonchev–Trinajstić information content (AvgIpc) is 2.57. The van der Waals surface area contributed by atoms with Gasteiger partial charge in [-0.25, -0.2) is 4.39 Å². The first kappa shape index (κ1) is 18.6. The molecule has 0 aliphatic rings. The number of nitrogens with one attached hydrogen (secondary N) is 1. The summed E-state index contributed by atoms with van der Waals surface area (Å²) in [5.41, 5.74) is 1.42. The highest BCUT2D eigenvalue weighted by Gasteiger charge is 2.11. The molecule has 1 unspecified atom stereocenters. The van der Waals surface area contributed by atoms with E-state index in [1.54, 1.807) is 19.2 Å². The molecule has 2 aromatic carbocycles. The lowest BCUT2D eigenvalue weighted by atomic mass is 10.1. The third-order valence-electron chi connectivity index (χ3n) is 3.53. The van der Waals surface area contributed by atoms with Gasteiger partial charge in [0.25, 0.3) is 0 Å². The van der Waals surface area contributed by atoms with Gasteiger partial charge in [0.05, 0.1) is 18.9 Å². The van der Waals surface area contributed by atoms with Gasteiger partial charge in [0, 0.05) is 16.3 Å². The Balaban J connectivity index is 1.82. The summed E-state index contributed by atoms with van der Waals surface area (Å²) >= 11 is 7.30. The Morgan fingerprint density at radius 3 is 2.62 bits per heavy atom. The van der Waals surface area contributed by atoms with Gasteiger partial charge in [-0.2, -0.15) is 0 Å². The predicted molar refractivity (Wildman–Crippen MR) is 97.1 cm³/mol. The minimum atomic E-state index is -0.345. The van der Waals surface area contributed by atoms with Crippen LogP contribution in [-0.2, 0) is 10.5 Å². The summed E-state index contributed by atoms with van der Waals surface area (Å²) in [6.07, 6.45) is 0. The summed E-state index contributed by atoms with van der Waals surface area (Å²) in [5, 5.41) is 3.31. The summed E-state index contributed by atoms with van der Waals surface area (Å²) in [4.78, 5) is 12.0. The molecule has 0 saturated heterocycles. The zero-order valence-corrected chi connectivity index (χ0v) is 15.1. The molecule has 1 amide bonds. The molecular formula is C18H19ClFNO2S. The van der Waals surface area contributed by atoms with Crippen LogP contribution in [0.3, 0.4) is 0 Å². The number of amides is 1. The minimum Gasteiger partial charge on any atom is -0.497 e. The average molecular weight is 368 g/mol. The van der Waals surface area contributed by atoms with Crippen molar-refractivity contribution in [3.05, 3.63) is 64.4 Å². The first-order valence-electron chi connectivity index (χ1n) is 7.45. The third-order valence-corrected chi connectivity index (χ3v) is 4.85. The molecule has 0 aliphatic heterocycles. The number of thioether (sulfide) groups is 1. The summed E-state index contributed by atoms with van der Waals surface area (Å²) in [6.45, 7) is 1.91. The van der Waals surface area contributed by atoms with E-state index in [4.69, 9.17) is 16.3 Å². The summed E-state index contributed by atoms with van der Waals surface area (Å²) in [5.74, 6) is 0.925. The molecule has 0 aromatic heterocycles. The fraction of sp³-hybridized carbons (Fsp3) is 0.278. The smallest absolute Gasteiger partial charge is 0.230 e. The molecule has 1 N–H and O–H groups in total. The van der Waals surface area contributed by atoms with Crippen LogP contribution in [0.1, 0.15) is 24.1 Å². The highest BCUT2D eigenvalue weighted by atomic mass is 35.5. The number of halogens is 2. The molecule has 0 saturated carbocycles. The van der Waals surface area contributed by atoms with E-state index in [1.807, 2.05) is 31.2 Å². The van der Waals surface area contributed by atoms with Gasteiger partial charge in [0.1, 0.15) is 11.6 Å². The molecule has 0 heterocycles. The van der Waals surface area contributed by atoms with E-state index in [-0.39, 0.29) is 23.5 Å². The van der Waals surface area contributed by atoms with Crippen molar-refractivity contribution in [2.45, 2.75) is 18.7 Å². The Hall–Kier alpha value is -1.72. The molecule has 0 bridgehead atoms. The normalized spacial score (nSPS) is 11.8. The molecule has 128 valence electrons. The second kappa shape index (κ2) is 8.94. The summed E-state index contributed by atoms with van der Waals surface area (Å²) in [7, 11) is 1.61. The van der Waals surface area contributed by atoms with E-state index in [0.29, 0.717) is 16.3 Å². The number of hydrogen-bond donors (Lipinski definition) is 1. The topological polar surface area (TPSA) is 38.3 Å². The molecule has 0 spiro atoms. The fourth-order valence-corrected chi connectivity index (χ4v) is 3.35. The van der Waals surface area contributed by atoms with Crippen LogP contribution in [-0.4, -0.2) is 18.8 Å². The number of benzene rings is 2. The first-order valence-corrected chi connectivity index (χ1v) is 8.98. The fourth-order valence-electron chi connectivity index (χ4n) is 2.18. The largest absolute Gasteiger partial charge is 0.497 e. The Morgan fingerprint density at radius 2 is 2.00 bits per heavy atom. The molecule has 0 radical (unpaired) electrons. The molecule has 0 fully saturated rings. The van der Waals surface area contributed by atoms with Crippen LogP contribution >= 0.6 is 23.4 Å². The predicted octanol–water partition coefficient (Wildman–Crippen LogP) is 4.60. The van der Waals surface area contributed by atoms with Crippen LogP contribution in [0.5, 0.6) is 5.75 Å². The van der Waals surface area contributed by atoms with E-state index in [1.165, 1.54) is 17.8 Å². The van der Waals surface area contributed by atoms with Crippen molar-refractivity contribution in [1.82, 2.24) is 5.32 Å². The number of methoxy groups -OCH3 is 1. The number of rotatable bonds is 7. The Morgan fingerprint density at radius 1 is 1.29 bits per heavy atom. The Bertz CT molecular complexity index is 674. The van der Waals surface area contributed by atoms with Crippen molar-refractivity contribution in [2.75, 3.05) is 12.9 Å². The van der Waals surface area contributed by atoms with Gasteiger partial charge in [-0.15, -0.1) is 11.8 Å². The zero-order chi connectivity index (χ0) is 17.5. The second-order valence-corrected chi connectivity index (χ2v) is 6.65. The number of hydrogen-bond acceptors (Lipinski definition) is 3. The number of carbonyl (C=O) groups excluding carboxylic acids is 1. The minimum absolute atomic E-state index is 0.101. The standard InChI is InChI=1S/C18H19ClFNO2S/c1-12(13-6-8-14(23-2)9-7-13)21-18(22)11-24-10-15-16(19)4-3-5-17(15)20/h3-9,12H,10-11H2,1-2H3,(H,21,22). The van der Waals surface area contributed by atoms with E-state index in [2.05, 4.69) is 5.32 Å². The van der Waals surface area contributed by atoms with Gasteiger partial charge in [-0.1, -0.05) is 29.8 Å². The van der Waals surface area contributed by atoms with Crippen molar-refractivity contribution in [2.24, 2.45) is 0 Å². The van der Waals surface area contributed by atoms with E-state index < -0.39 is 0 Å². The summed E-state index contributed by atoms with van der Waals surface area (Å²) < 4.78 is 18.8. The molecule has 2 aromatic rings. The SMILES string of the molecule is COc1ccc(C(C)NC(=O)CSCc2c(F)cccc2Cl)cc1. The quantitative estimate of drug-likeness (QED) is 0.777. The molecule has 6 heteroatoms. The first-order chi connectivity index (χ1) is 11.5. The molecule has 0 aliphatic carbocycles. The highest BCUT2D eigenvalue weighted by molar-refractivity contribution is 7.99. The second-order valence-electron chi connectivity index (χ2n) is 5.26. The maximum atomic E-state index is 13.7. The molecule has 2 rings (SSSR count). The number of carbonyl (C=O) groups is 1. The maximum Gasteiger partial charge on any atom is 0.230 e. The Kier molecular flexibility index (Phi) is 6.94. The van der Waals surface area contributed by atoms with Crippen LogP contribution < -0.4 is 10.1 Å². The van der Waals surface area contributed by atoms with Crippen LogP contribution in [0.4, 0.5) is 4.39 Å². The van der Waals surface area contributed by atoms with E-state index >= 15 is 0 Å². The highest BCUT2D eigenvalue weighted by Crippen LogP contribution is 2.24. The van der Waals surface area contributed by atoms with Crippen LogP contribution in [0.2, 0.25) is 5.02 Å². The van der Waals surface area contributed by atoms with E-state index in [9.17, 15) is 9.18 Å². The van der Waals surface area contributed by atoms with Gasteiger partial charge in [-0.05, 0) is 36.8 Å². The van der Waals surface area contributed by atoms with Gasteiger partial charge in [-0.3, -0.25) is 4.79 Å². The lowest BCUT2D eigenvalue weighted by Gasteiger charge is -2.15. The molecule has 3 nitrogen and oxygen atoms in total. The van der Waals surface area contributed by atoms with Gasteiger partial charge in [0.15, 0.2) is 0 Å². The van der Waals surface area contributed by atoms with Crippen LogP contribution in [0.15, 0.2) is 42.5 Å². The van der Waals surface area contributed by atoms with Crippen molar-refractivity contribution < 1.29 is 13.9 Å². The lowest BCUT2D eigenvalue weighted by molar-refractivity contribution is -0.119. The van der Waals surface area contributed by atoms with Gasteiger partial charge < -0.3 is 10.1 Å². The van der Waals surface area contributed by atoms with Crippen LogP contribution in [0.25, 0.3) is 0 Å². The van der Waals surface area contributed by atoms with E-state index in [0.717, 1.165) is 11.3 Å². The van der Waals surface area contributed by atoms with Gasteiger partial charge >= 0.3 is 0 Å². The van der Waals surface area contributed by atoms with Crippen molar-refractivity contribution in [3.8, 4) is 5.75 Å². The third kappa shape index (κ3) is 5.14. The number of ether oxygens (including phenoxy) is 1. The molecule has 1 atom stereocenters. The van der Waals surface area contributed by atoms with Crippen molar-refractivity contribution in [3.63, 3.8) is 0 Å².